The average Bonchev–Trinajstić information content (AvgIpc) is 2.15. The number of carbonyl (C=O) groups excluding carboxylic acids is 1. The van der Waals surface area contributed by atoms with Crippen LogP contribution in [0.3, 0.4) is 0 Å². The highest BCUT2D eigenvalue weighted by Crippen LogP contribution is 2.00. The van der Waals surface area contributed by atoms with Crippen LogP contribution in [0, 0.1) is 0 Å². The molecule has 0 saturated heterocycles. The van der Waals surface area contributed by atoms with E-state index in [-0.39, 0.29) is 12.3 Å². The van der Waals surface area contributed by atoms with E-state index in [1.165, 1.54) is 0 Å². The molecule has 0 fully saturated rings. The molecule has 0 aromatic heterocycles. The summed E-state index contributed by atoms with van der Waals surface area (Å²) in [5.74, 6) is -1.30. The van der Waals surface area contributed by atoms with Crippen LogP contribution in [0.4, 0.5) is 0 Å². The Morgan fingerprint density at radius 3 is 2.07 bits per heavy atom. The van der Waals surface area contributed by atoms with Crippen molar-refractivity contribution < 1.29 is 14.7 Å². The summed E-state index contributed by atoms with van der Waals surface area (Å²) < 4.78 is 0. The van der Waals surface area contributed by atoms with Crippen LogP contribution >= 0.6 is 0 Å². The lowest BCUT2D eigenvalue weighted by atomic mass is 10.2. The van der Waals surface area contributed by atoms with Gasteiger partial charge in [-0.05, 0) is 12.8 Å². The number of carboxylic acid groups (broad SMARTS) is 1. The standard InChI is InChI=1S/C10H20N2O3/c1-3-5-12(6-4-2)10(15)8(11)7-9(13)14/h8H,3-7,11H2,1-2H3,(H,13,14). The SMILES string of the molecule is CCCN(CCC)C(=O)C(N)CC(=O)O. The van der Waals surface area contributed by atoms with Gasteiger partial charge in [-0.3, -0.25) is 9.59 Å². The van der Waals surface area contributed by atoms with Crippen molar-refractivity contribution in [3.05, 3.63) is 0 Å². The van der Waals surface area contributed by atoms with Gasteiger partial charge in [-0.1, -0.05) is 13.8 Å². The first kappa shape index (κ1) is 13.9. The van der Waals surface area contributed by atoms with Crippen molar-refractivity contribution in [2.75, 3.05) is 13.1 Å². The van der Waals surface area contributed by atoms with Gasteiger partial charge < -0.3 is 15.7 Å². The van der Waals surface area contributed by atoms with Crippen LogP contribution in [-0.2, 0) is 9.59 Å². The van der Waals surface area contributed by atoms with Crippen molar-refractivity contribution in [3.63, 3.8) is 0 Å². The van der Waals surface area contributed by atoms with E-state index in [2.05, 4.69) is 0 Å². The highest BCUT2D eigenvalue weighted by molar-refractivity contribution is 5.85. The molecule has 0 aliphatic carbocycles. The molecular weight excluding hydrogens is 196 g/mol. The molecule has 0 spiro atoms. The zero-order valence-electron chi connectivity index (χ0n) is 9.40. The molecule has 0 aliphatic rings. The van der Waals surface area contributed by atoms with Crippen LogP contribution in [0.15, 0.2) is 0 Å². The number of nitrogens with two attached hydrogens (primary N) is 1. The van der Waals surface area contributed by atoms with Crippen LogP contribution < -0.4 is 5.73 Å². The normalized spacial score (nSPS) is 12.2. The number of nitrogens with zero attached hydrogens (tertiary/aromatic N) is 1. The van der Waals surface area contributed by atoms with Crippen LogP contribution in [0.25, 0.3) is 0 Å². The fourth-order valence-electron chi connectivity index (χ4n) is 1.38. The largest absolute Gasteiger partial charge is 0.481 e. The van der Waals surface area contributed by atoms with Gasteiger partial charge in [-0.2, -0.15) is 0 Å². The van der Waals surface area contributed by atoms with E-state index in [1.807, 2.05) is 13.8 Å². The highest BCUT2D eigenvalue weighted by Gasteiger charge is 2.21. The van der Waals surface area contributed by atoms with Gasteiger partial charge in [0.15, 0.2) is 0 Å². The minimum absolute atomic E-state index is 0.263. The highest BCUT2D eigenvalue weighted by atomic mass is 16.4. The Kier molecular flexibility index (Phi) is 6.70. The summed E-state index contributed by atoms with van der Waals surface area (Å²) in [6.45, 7) is 5.22. The van der Waals surface area contributed by atoms with Crippen LogP contribution in [-0.4, -0.2) is 41.0 Å². The van der Waals surface area contributed by atoms with Crippen molar-refractivity contribution in [3.8, 4) is 0 Å². The summed E-state index contributed by atoms with van der Waals surface area (Å²) in [5, 5.41) is 8.52. The van der Waals surface area contributed by atoms with Gasteiger partial charge in [0.2, 0.25) is 5.91 Å². The van der Waals surface area contributed by atoms with Gasteiger partial charge >= 0.3 is 5.97 Å². The molecule has 0 aromatic rings. The van der Waals surface area contributed by atoms with Crippen molar-refractivity contribution in [1.82, 2.24) is 4.90 Å². The number of rotatable bonds is 7. The lowest BCUT2D eigenvalue weighted by Crippen LogP contribution is -2.45. The van der Waals surface area contributed by atoms with Crippen molar-refractivity contribution in [2.24, 2.45) is 5.73 Å². The Bertz CT molecular complexity index is 213. The van der Waals surface area contributed by atoms with Crippen molar-refractivity contribution in [1.29, 1.82) is 0 Å². The van der Waals surface area contributed by atoms with Gasteiger partial charge in [0.25, 0.3) is 0 Å². The van der Waals surface area contributed by atoms with Gasteiger partial charge in [0.05, 0.1) is 12.5 Å². The zero-order chi connectivity index (χ0) is 11.8. The molecule has 3 N–H and O–H groups in total. The monoisotopic (exact) mass is 216 g/mol. The first-order valence-corrected chi connectivity index (χ1v) is 5.29. The van der Waals surface area contributed by atoms with Gasteiger partial charge in [0.1, 0.15) is 0 Å². The van der Waals surface area contributed by atoms with E-state index >= 15 is 0 Å². The van der Waals surface area contributed by atoms with E-state index < -0.39 is 12.0 Å². The first-order valence-electron chi connectivity index (χ1n) is 5.29. The Morgan fingerprint density at radius 2 is 1.73 bits per heavy atom. The predicted molar refractivity (Wildman–Crippen MR) is 57.4 cm³/mol. The van der Waals surface area contributed by atoms with Crippen molar-refractivity contribution >= 4 is 11.9 Å². The molecule has 0 bridgehead atoms. The number of hydrogen-bond donors (Lipinski definition) is 2. The maximum absolute atomic E-state index is 11.7. The summed E-state index contributed by atoms with van der Waals surface area (Å²) in [5.41, 5.74) is 5.51. The van der Waals surface area contributed by atoms with Crippen molar-refractivity contribution in [2.45, 2.75) is 39.2 Å². The number of amides is 1. The molecule has 1 unspecified atom stereocenters. The molecule has 5 heteroatoms. The summed E-state index contributed by atoms with van der Waals surface area (Å²) >= 11 is 0. The fourth-order valence-corrected chi connectivity index (χ4v) is 1.38. The predicted octanol–water partition coefficient (Wildman–Crippen LogP) is 0.437. The Balaban J connectivity index is 4.27. The second-order valence-corrected chi connectivity index (χ2v) is 3.53. The summed E-state index contributed by atoms with van der Waals surface area (Å²) in [7, 11) is 0. The smallest absolute Gasteiger partial charge is 0.305 e. The molecule has 1 atom stereocenters. The van der Waals surface area contributed by atoms with E-state index in [0.717, 1.165) is 12.8 Å². The molecule has 0 rings (SSSR count). The van der Waals surface area contributed by atoms with E-state index in [9.17, 15) is 9.59 Å². The third kappa shape index (κ3) is 5.37. The van der Waals surface area contributed by atoms with E-state index in [1.54, 1.807) is 4.90 Å². The van der Waals surface area contributed by atoms with Crippen LogP contribution in [0.5, 0.6) is 0 Å². The molecule has 88 valence electrons. The molecule has 0 radical (unpaired) electrons. The maximum atomic E-state index is 11.7. The Hall–Kier alpha value is -1.10. The number of carbonyl (C=O) groups is 2. The molecule has 15 heavy (non-hydrogen) atoms. The quantitative estimate of drug-likeness (QED) is 0.646. The summed E-state index contributed by atoms with van der Waals surface area (Å²) in [6.07, 6.45) is 1.40. The van der Waals surface area contributed by atoms with Gasteiger partial charge in [0, 0.05) is 13.1 Å². The van der Waals surface area contributed by atoms with Gasteiger partial charge in [-0.25, -0.2) is 0 Å². The number of aliphatic carboxylic acids is 1. The number of carboxylic acids is 1. The second kappa shape index (κ2) is 7.23. The lowest BCUT2D eigenvalue weighted by molar-refractivity contribution is -0.142. The molecule has 0 saturated carbocycles. The topological polar surface area (TPSA) is 83.6 Å². The van der Waals surface area contributed by atoms with Crippen LogP contribution in [0.2, 0.25) is 0 Å². The zero-order valence-corrected chi connectivity index (χ0v) is 9.40. The molecule has 0 aromatic carbocycles. The molecular formula is C10H20N2O3. The molecule has 1 amide bonds. The summed E-state index contributed by atoms with van der Waals surface area (Å²) in [6, 6.07) is -0.916. The molecule has 0 heterocycles. The van der Waals surface area contributed by atoms with Crippen LogP contribution in [0.1, 0.15) is 33.1 Å². The molecule has 0 aliphatic heterocycles. The minimum atomic E-state index is -1.04. The second-order valence-electron chi connectivity index (χ2n) is 3.53. The minimum Gasteiger partial charge on any atom is -0.481 e. The fraction of sp³-hybridized carbons (Fsp3) is 0.800. The maximum Gasteiger partial charge on any atom is 0.305 e. The van der Waals surface area contributed by atoms with E-state index in [4.69, 9.17) is 10.8 Å². The Labute approximate surface area is 90.2 Å². The van der Waals surface area contributed by atoms with E-state index in [0.29, 0.717) is 13.1 Å². The third-order valence-electron chi connectivity index (χ3n) is 2.01. The molecule has 5 nitrogen and oxygen atoms in total. The van der Waals surface area contributed by atoms with Gasteiger partial charge in [-0.15, -0.1) is 0 Å². The first-order chi connectivity index (χ1) is 7.02. The lowest BCUT2D eigenvalue weighted by Gasteiger charge is -2.24. The summed E-state index contributed by atoms with van der Waals surface area (Å²) in [4.78, 5) is 23.7. The average molecular weight is 216 g/mol. The Morgan fingerprint density at radius 1 is 1.27 bits per heavy atom. The third-order valence-corrected chi connectivity index (χ3v) is 2.01. The number of hydrogen-bond acceptors (Lipinski definition) is 3.